The third kappa shape index (κ3) is 2.88. The molecule has 0 aliphatic carbocycles. The van der Waals surface area contributed by atoms with Crippen molar-refractivity contribution in [3.8, 4) is 0 Å². The summed E-state index contributed by atoms with van der Waals surface area (Å²) >= 11 is 0. The minimum absolute atomic E-state index is 0.0469. The lowest BCUT2D eigenvalue weighted by Crippen LogP contribution is -2.25. The number of hydrogen-bond donors (Lipinski definition) is 1. The van der Waals surface area contributed by atoms with E-state index < -0.39 is 24.9 Å². The summed E-state index contributed by atoms with van der Waals surface area (Å²) in [4.78, 5) is 1.23. The Hall–Kier alpha value is -1.23. The van der Waals surface area contributed by atoms with Crippen LogP contribution in [0.5, 0.6) is 0 Å². The number of aliphatic hydroxyl groups is 1. The SMILES string of the molecule is C[C@@H](O)c1c(F)cccc1N(C)CC(F)F. The lowest BCUT2D eigenvalue weighted by atomic mass is 10.1. The topological polar surface area (TPSA) is 23.5 Å². The van der Waals surface area contributed by atoms with Crippen LogP contribution < -0.4 is 4.90 Å². The Kier molecular flexibility index (Phi) is 4.18. The van der Waals surface area contributed by atoms with Crippen LogP contribution >= 0.6 is 0 Å². The average molecular weight is 233 g/mol. The molecular weight excluding hydrogens is 219 g/mol. The molecule has 2 nitrogen and oxygen atoms in total. The van der Waals surface area contributed by atoms with E-state index in [2.05, 4.69) is 0 Å². The Bertz CT molecular complexity index is 355. The first-order valence-electron chi connectivity index (χ1n) is 4.89. The van der Waals surface area contributed by atoms with Gasteiger partial charge in [-0.3, -0.25) is 0 Å². The number of aliphatic hydroxyl groups excluding tert-OH is 1. The molecule has 16 heavy (non-hydrogen) atoms. The molecule has 0 saturated carbocycles. The number of alkyl halides is 2. The van der Waals surface area contributed by atoms with E-state index in [1.807, 2.05) is 0 Å². The predicted octanol–water partition coefficient (Wildman–Crippen LogP) is 2.58. The fourth-order valence-corrected chi connectivity index (χ4v) is 1.58. The first kappa shape index (κ1) is 12.8. The lowest BCUT2D eigenvalue weighted by molar-refractivity contribution is 0.155. The number of nitrogens with zero attached hydrogens (tertiary/aromatic N) is 1. The van der Waals surface area contributed by atoms with Crippen LogP contribution in [0.4, 0.5) is 18.9 Å². The van der Waals surface area contributed by atoms with Gasteiger partial charge in [-0.2, -0.15) is 0 Å². The number of anilines is 1. The minimum atomic E-state index is -2.50. The molecule has 1 atom stereocenters. The normalized spacial score (nSPS) is 12.9. The second-order valence-corrected chi connectivity index (χ2v) is 3.62. The Balaban J connectivity index is 3.07. The molecule has 0 saturated heterocycles. The molecule has 0 heterocycles. The fraction of sp³-hybridized carbons (Fsp3) is 0.455. The zero-order valence-corrected chi connectivity index (χ0v) is 9.12. The largest absolute Gasteiger partial charge is 0.389 e. The summed E-state index contributed by atoms with van der Waals surface area (Å²) in [6.45, 7) is 0.904. The molecule has 1 rings (SSSR count). The second-order valence-electron chi connectivity index (χ2n) is 3.62. The predicted molar refractivity (Wildman–Crippen MR) is 56.3 cm³/mol. The molecule has 0 aliphatic rings. The molecule has 0 aromatic heterocycles. The molecule has 1 aromatic carbocycles. The molecular formula is C11H14F3NO. The van der Waals surface area contributed by atoms with Crippen LogP contribution in [-0.4, -0.2) is 25.1 Å². The van der Waals surface area contributed by atoms with Gasteiger partial charge in [0.15, 0.2) is 0 Å². The Morgan fingerprint density at radius 3 is 2.50 bits per heavy atom. The summed E-state index contributed by atoms with van der Waals surface area (Å²) in [6, 6.07) is 4.13. The molecule has 5 heteroatoms. The maximum absolute atomic E-state index is 13.4. The van der Waals surface area contributed by atoms with E-state index in [1.54, 1.807) is 0 Å². The van der Waals surface area contributed by atoms with Crippen molar-refractivity contribution in [2.75, 3.05) is 18.5 Å². The first-order chi connectivity index (χ1) is 7.43. The van der Waals surface area contributed by atoms with Crippen LogP contribution in [0, 0.1) is 5.82 Å². The minimum Gasteiger partial charge on any atom is -0.389 e. The van der Waals surface area contributed by atoms with Crippen molar-refractivity contribution in [1.29, 1.82) is 0 Å². The van der Waals surface area contributed by atoms with E-state index in [4.69, 9.17) is 0 Å². The van der Waals surface area contributed by atoms with Crippen LogP contribution in [0.1, 0.15) is 18.6 Å². The van der Waals surface area contributed by atoms with Gasteiger partial charge in [0.2, 0.25) is 0 Å². The number of benzene rings is 1. The van der Waals surface area contributed by atoms with Gasteiger partial charge in [-0.05, 0) is 19.1 Å². The lowest BCUT2D eigenvalue weighted by Gasteiger charge is -2.23. The van der Waals surface area contributed by atoms with E-state index >= 15 is 0 Å². The highest BCUT2D eigenvalue weighted by Crippen LogP contribution is 2.28. The Morgan fingerprint density at radius 2 is 2.00 bits per heavy atom. The van der Waals surface area contributed by atoms with Gasteiger partial charge in [-0.25, -0.2) is 13.2 Å². The highest BCUT2D eigenvalue weighted by atomic mass is 19.3. The van der Waals surface area contributed by atoms with Crippen molar-refractivity contribution in [2.24, 2.45) is 0 Å². The van der Waals surface area contributed by atoms with Crippen LogP contribution in [0.25, 0.3) is 0 Å². The number of hydrogen-bond acceptors (Lipinski definition) is 2. The van der Waals surface area contributed by atoms with E-state index in [1.165, 1.54) is 37.1 Å². The van der Waals surface area contributed by atoms with E-state index in [0.717, 1.165) is 0 Å². The van der Waals surface area contributed by atoms with Crippen LogP contribution in [-0.2, 0) is 0 Å². The summed E-state index contributed by atoms with van der Waals surface area (Å²) in [7, 11) is 1.44. The molecule has 0 bridgehead atoms. The van der Waals surface area contributed by atoms with Gasteiger partial charge in [0.25, 0.3) is 6.43 Å². The number of halogens is 3. The molecule has 90 valence electrons. The van der Waals surface area contributed by atoms with Gasteiger partial charge in [-0.1, -0.05) is 6.07 Å². The third-order valence-corrected chi connectivity index (χ3v) is 2.27. The van der Waals surface area contributed by atoms with Gasteiger partial charge in [0.05, 0.1) is 12.6 Å². The molecule has 0 fully saturated rings. The van der Waals surface area contributed by atoms with Crippen LogP contribution in [0.15, 0.2) is 18.2 Å². The summed E-state index contributed by atoms with van der Waals surface area (Å²) in [5.74, 6) is -0.589. The van der Waals surface area contributed by atoms with E-state index in [0.29, 0.717) is 0 Å². The van der Waals surface area contributed by atoms with Crippen molar-refractivity contribution in [1.82, 2.24) is 0 Å². The van der Waals surface area contributed by atoms with Crippen molar-refractivity contribution >= 4 is 5.69 Å². The monoisotopic (exact) mass is 233 g/mol. The van der Waals surface area contributed by atoms with E-state index in [-0.39, 0.29) is 11.3 Å². The van der Waals surface area contributed by atoms with Crippen molar-refractivity contribution < 1.29 is 18.3 Å². The maximum Gasteiger partial charge on any atom is 0.255 e. The maximum atomic E-state index is 13.4. The van der Waals surface area contributed by atoms with Crippen LogP contribution in [0.3, 0.4) is 0 Å². The van der Waals surface area contributed by atoms with Crippen LogP contribution in [0.2, 0.25) is 0 Å². The first-order valence-corrected chi connectivity index (χ1v) is 4.89. The van der Waals surface area contributed by atoms with Gasteiger partial charge >= 0.3 is 0 Å². The second kappa shape index (κ2) is 5.21. The van der Waals surface area contributed by atoms with Gasteiger partial charge in [-0.15, -0.1) is 0 Å². The molecule has 1 N–H and O–H groups in total. The Morgan fingerprint density at radius 1 is 1.38 bits per heavy atom. The Labute approximate surface area is 92.3 Å². The highest BCUT2D eigenvalue weighted by molar-refractivity contribution is 5.54. The molecule has 0 spiro atoms. The summed E-state index contributed by atoms with van der Waals surface area (Å²) < 4.78 is 37.8. The van der Waals surface area contributed by atoms with Gasteiger partial charge in [0, 0.05) is 18.3 Å². The molecule has 0 amide bonds. The van der Waals surface area contributed by atoms with Gasteiger partial charge < -0.3 is 10.0 Å². The smallest absolute Gasteiger partial charge is 0.255 e. The van der Waals surface area contributed by atoms with Gasteiger partial charge in [0.1, 0.15) is 5.82 Å². The summed E-state index contributed by atoms with van der Waals surface area (Å²) in [5, 5.41) is 9.41. The zero-order chi connectivity index (χ0) is 12.3. The molecule has 0 aliphatic heterocycles. The highest BCUT2D eigenvalue weighted by Gasteiger charge is 2.18. The summed E-state index contributed by atoms with van der Waals surface area (Å²) in [6.07, 6.45) is -3.54. The zero-order valence-electron chi connectivity index (χ0n) is 9.12. The molecule has 0 unspecified atom stereocenters. The quantitative estimate of drug-likeness (QED) is 0.864. The van der Waals surface area contributed by atoms with Crippen molar-refractivity contribution in [3.05, 3.63) is 29.6 Å². The summed E-state index contributed by atoms with van der Waals surface area (Å²) in [5.41, 5.74) is 0.334. The third-order valence-electron chi connectivity index (χ3n) is 2.27. The standard InChI is InChI=1S/C11H14F3NO/c1-7(16)11-8(12)4-3-5-9(11)15(2)6-10(13)14/h3-5,7,10,16H,6H2,1-2H3/t7-/m1/s1. The number of rotatable bonds is 4. The average Bonchev–Trinajstić information content (AvgIpc) is 2.15. The fourth-order valence-electron chi connectivity index (χ4n) is 1.58. The van der Waals surface area contributed by atoms with Crippen molar-refractivity contribution in [2.45, 2.75) is 19.5 Å². The van der Waals surface area contributed by atoms with E-state index in [9.17, 15) is 18.3 Å². The van der Waals surface area contributed by atoms with Crippen molar-refractivity contribution in [3.63, 3.8) is 0 Å². The molecule has 1 aromatic rings. The molecule has 0 radical (unpaired) electrons.